The van der Waals surface area contributed by atoms with Crippen LogP contribution >= 0.6 is 0 Å². The van der Waals surface area contributed by atoms with Crippen LogP contribution in [0.2, 0.25) is 0 Å². The molecule has 0 radical (unpaired) electrons. The normalized spacial score (nSPS) is 16.0. The molecule has 1 aliphatic rings. The Morgan fingerprint density at radius 3 is 2.61 bits per heavy atom. The summed E-state index contributed by atoms with van der Waals surface area (Å²) in [5, 5.41) is 12.6. The summed E-state index contributed by atoms with van der Waals surface area (Å²) >= 11 is 0. The summed E-state index contributed by atoms with van der Waals surface area (Å²) in [5.41, 5.74) is 2.08. The minimum Gasteiger partial charge on any atom is -0.392 e. The van der Waals surface area contributed by atoms with Crippen LogP contribution in [0.3, 0.4) is 0 Å². The van der Waals surface area contributed by atoms with Crippen molar-refractivity contribution in [3.05, 3.63) is 35.4 Å². The van der Waals surface area contributed by atoms with Gasteiger partial charge in [-0.1, -0.05) is 38.1 Å². The Kier molecular flexibility index (Phi) is 6.16. The first kappa shape index (κ1) is 17.5. The van der Waals surface area contributed by atoms with Gasteiger partial charge in [0.05, 0.1) is 12.5 Å². The second-order valence-corrected chi connectivity index (χ2v) is 6.48. The van der Waals surface area contributed by atoms with E-state index in [1.807, 2.05) is 43.0 Å². The maximum atomic E-state index is 11.9. The number of nitrogens with one attached hydrogen (secondary N) is 1. The van der Waals surface area contributed by atoms with Gasteiger partial charge in [-0.3, -0.25) is 9.59 Å². The average Bonchev–Trinajstić information content (AvgIpc) is 2.91. The van der Waals surface area contributed by atoms with Crippen molar-refractivity contribution in [2.45, 2.75) is 52.3 Å². The lowest BCUT2D eigenvalue weighted by Crippen LogP contribution is -2.30. The van der Waals surface area contributed by atoms with Gasteiger partial charge in [0.25, 0.3) is 0 Å². The molecule has 1 saturated heterocycles. The van der Waals surface area contributed by atoms with E-state index in [0.29, 0.717) is 19.5 Å². The highest BCUT2D eigenvalue weighted by molar-refractivity contribution is 5.78. The van der Waals surface area contributed by atoms with Gasteiger partial charge < -0.3 is 15.3 Å². The summed E-state index contributed by atoms with van der Waals surface area (Å²) in [6, 6.07) is 7.84. The van der Waals surface area contributed by atoms with E-state index >= 15 is 0 Å². The van der Waals surface area contributed by atoms with E-state index in [4.69, 9.17) is 0 Å². The molecule has 1 aliphatic heterocycles. The lowest BCUT2D eigenvalue weighted by Gasteiger charge is -2.19. The highest BCUT2D eigenvalue weighted by Crippen LogP contribution is 2.17. The Morgan fingerprint density at radius 1 is 1.30 bits per heavy atom. The molecule has 23 heavy (non-hydrogen) atoms. The largest absolute Gasteiger partial charge is 0.392 e. The van der Waals surface area contributed by atoms with Gasteiger partial charge in [0, 0.05) is 26.1 Å². The number of aliphatic hydroxyl groups excluding tert-OH is 1. The standard InChI is InChI=1S/C18H26N2O3/c1-13(2)16(21)10-17(22)19-11-14-6-3-4-7-15(14)12-20-9-5-8-18(20)23/h3-4,6-7,13,16,21H,5,8-12H2,1-2H3,(H,19,22). The molecule has 5 heteroatoms. The summed E-state index contributed by atoms with van der Waals surface area (Å²) in [6.07, 6.45) is 1.05. The summed E-state index contributed by atoms with van der Waals surface area (Å²) < 4.78 is 0. The quantitative estimate of drug-likeness (QED) is 0.806. The summed E-state index contributed by atoms with van der Waals surface area (Å²) in [5.74, 6) is 0.108. The van der Waals surface area contributed by atoms with E-state index in [2.05, 4.69) is 5.32 Å². The van der Waals surface area contributed by atoms with Crippen LogP contribution in [0.5, 0.6) is 0 Å². The molecule has 1 heterocycles. The molecule has 1 aromatic rings. The van der Waals surface area contributed by atoms with Crippen molar-refractivity contribution >= 4 is 11.8 Å². The van der Waals surface area contributed by atoms with Crippen molar-refractivity contribution in [1.29, 1.82) is 0 Å². The minimum atomic E-state index is -0.618. The molecular weight excluding hydrogens is 292 g/mol. The Hall–Kier alpha value is -1.88. The van der Waals surface area contributed by atoms with E-state index in [-0.39, 0.29) is 24.2 Å². The fraction of sp³-hybridized carbons (Fsp3) is 0.556. The molecular formula is C18H26N2O3. The van der Waals surface area contributed by atoms with Gasteiger partial charge in [-0.15, -0.1) is 0 Å². The first-order valence-electron chi connectivity index (χ1n) is 8.26. The third-order valence-corrected chi connectivity index (χ3v) is 4.29. The van der Waals surface area contributed by atoms with Crippen molar-refractivity contribution in [2.75, 3.05) is 6.54 Å². The van der Waals surface area contributed by atoms with E-state index < -0.39 is 6.10 Å². The molecule has 1 fully saturated rings. The lowest BCUT2D eigenvalue weighted by molar-refractivity contribution is -0.128. The van der Waals surface area contributed by atoms with Gasteiger partial charge in [0.15, 0.2) is 0 Å². The molecule has 1 unspecified atom stereocenters. The molecule has 2 amide bonds. The van der Waals surface area contributed by atoms with Crippen LogP contribution in [-0.2, 0) is 22.7 Å². The number of aliphatic hydroxyl groups is 1. The maximum Gasteiger partial charge on any atom is 0.222 e. The number of carbonyl (C=O) groups excluding carboxylic acids is 2. The molecule has 0 saturated carbocycles. The van der Waals surface area contributed by atoms with Crippen LogP contribution in [0, 0.1) is 5.92 Å². The Bertz CT molecular complexity index is 557. The predicted octanol–water partition coefficient (Wildman–Crippen LogP) is 1.83. The van der Waals surface area contributed by atoms with Gasteiger partial charge in [-0.25, -0.2) is 0 Å². The lowest BCUT2D eigenvalue weighted by atomic mass is 10.0. The fourth-order valence-electron chi connectivity index (χ4n) is 2.65. The van der Waals surface area contributed by atoms with Crippen LogP contribution in [-0.4, -0.2) is 34.5 Å². The van der Waals surface area contributed by atoms with Crippen LogP contribution in [0.15, 0.2) is 24.3 Å². The van der Waals surface area contributed by atoms with E-state index in [9.17, 15) is 14.7 Å². The molecule has 2 N–H and O–H groups in total. The average molecular weight is 318 g/mol. The molecule has 0 aromatic heterocycles. The number of rotatable bonds is 7. The summed E-state index contributed by atoms with van der Waals surface area (Å²) in [4.78, 5) is 25.5. The third kappa shape index (κ3) is 5.06. The zero-order valence-electron chi connectivity index (χ0n) is 13.9. The molecule has 0 spiro atoms. The number of carbonyl (C=O) groups is 2. The SMILES string of the molecule is CC(C)C(O)CC(=O)NCc1ccccc1CN1CCCC1=O. The maximum absolute atomic E-state index is 11.9. The first-order chi connectivity index (χ1) is 11.0. The number of amides is 2. The van der Waals surface area contributed by atoms with Crippen LogP contribution in [0.1, 0.15) is 44.2 Å². The van der Waals surface area contributed by atoms with Crippen molar-refractivity contribution < 1.29 is 14.7 Å². The molecule has 126 valence electrons. The fourth-order valence-corrected chi connectivity index (χ4v) is 2.65. The van der Waals surface area contributed by atoms with Gasteiger partial charge in [-0.2, -0.15) is 0 Å². The van der Waals surface area contributed by atoms with Crippen molar-refractivity contribution in [3.63, 3.8) is 0 Å². The predicted molar refractivity (Wildman–Crippen MR) is 88.4 cm³/mol. The van der Waals surface area contributed by atoms with Gasteiger partial charge >= 0.3 is 0 Å². The molecule has 5 nitrogen and oxygen atoms in total. The number of likely N-dealkylation sites (tertiary alicyclic amines) is 1. The second kappa shape index (κ2) is 8.11. The highest BCUT2D eigenvalue weighted by atomic mass is 16.3. The van der Waals surface area contributed by atoms with E-state index in [1.165, 1.54) is 0 Å². The molecule has 2 rings (SSSR count). The Balaban J connectivity index is 1.92. The smallest absolute Gasteiger partial charge is 0.222 e. The van der Waals surface area contributed by atoms with Crippen molar-refractivity contribution in [3.8, 4) is 0 Å². The number of nitrogens with zero attached hydrogens (tertiary/aromatic N) is 1. The second-order valence-electron chi connectivity index (χ2n) is 6.48. The summed E-state index contributed by atoms with van der Waals surface area (Å²) in [7, 11) is 0. The molecule has 0 aliphatic carbocycles. The number of hydrogen-bond acceptors (Lipinski definition) is 3. The highest BCUT2D eigenvalue weighted by Gasteiger charge is 2.21. The topological polar surface area (TPSA) is 69.6 Å². The van der Waals surface area contributed by atoms with Gasteiger partial charge in [0.1, 0.15) is 0 Å². The van der Waals surface area contributed by atoms with Crippen LogP contribution < -0.4 is 5.32 Å². The third-order valence-electron chi connectivity index (χ3n) is 4.29. The number of benzene rings is 1. The Labute approximate surface area is 137 Å². The van der Waals surface area contributed by atoms with E-state index in [0.717, 1.165) is 24.1 Å². The molecule has 1 aromatic carbocycles. The summed E-state index contributed by atoms with van der Waals surface area (Å²) in [6.45, 7) is 5.60. The molecule has 0 bridgehead atoms. The Morgan fingerprint density at radius 2 is 2.00 bits per heavy atom. The van der Waals surface area contributed by atoms with Crippen molar-refractivity contribution in [1.82, 2.24) is 10.2 Å². The minimum absolute atomic E-state index is 0.0641. The van der Waals surface area contributed by atoms with Crippen LogP contribution in [0.25, 0.3) is 0 Å². The zero-order chi connectivity index (χ0) is 16.8. The zero-order valence-corrected chi connectivity index (χ0v) is 13.9. The van der Waals surface area contributed by atoms with Crippen LogP contribution in [0.4, 0.5) is 0 Å². The van der Waals surface area contributed by atoms with Gasteiger partial charge in [-0.05, 0) is 23.5 Å². The molecule has 1 atom stereocenters. The van der Waals surface area contributed by atoms with Crippen molar-refractivity contribution in [2.24, 2.45) is 5.92 Å². The first-order valence-corrected chi connectivity index (χ1v) is 8.26. The number of hydrogen-bond donors (Lipinski definition) is 2. The van der Waals surface area contributed by atoms with Gasteiger partial charge in [0.2, 0.25) is 11.8 Å². The monoisotopic (exact) mass is 318 g/mol. The van der Waals surface area contributed by atoms with E-state index in [1.54, 1.807) is 0 Å².